The van der Waals surface area contributed by atoms with Gasteiger partial charge in [0.25, 0.3) is 0 Å². The number of nitrogens with two attached hydrogens (primary N) is 1. The Balaban J connectivity index is 0.00000162. The van der Waals surface area contributed by atoms with Crippen LogP contribution in [0.3, 0.4) is 0 Å². The van der Waals surface area contributed by atoms with Crippen molar-refractivity contribution >= 4 is 24.0 Å². The van der Waals surface area contributed by atoms with Gasteiger partial charge in [-0.15, -0.1) is 12.4 Å². The molecule has 0 unspecified atom stereocenters. The van der Waals surface area contributed by atoms with E-state index in [4.69, 9.17) is 10.5 Å². The van der Waals surface area contributed by atoms with Crippen molar-refractivity contribution in [2.75, 3.05) is 11.9 Å². The number of carbonyl (C=O) groups excluding carboxylic acids is 1. The average Bonchev–Trinajstić information content (AvgIpc) is 2.82. The maximum absolute atomic E-state index is 11.2. The molecule has 3 N–H and O–H groups in total. The Labute approximate surface area is 113 Å². The van der Waals surface area contributed by atoms with Gasteiger partial charge in [0.2, 0.25) is 5.91 Å². The van der Waals surface area contributed by atoms with Gasteiger partial charge >= 0.3 is 0 Å². The lowest BCUT2D eigenvalue weighted by molar-refractivity contribution is -0.114. The summed E-state index contributed by atoms with van der Waals surface area (Å²) >= 11 is 0. The van der Waals surface area contributed by atoms with E-state index >= 15 is 0 Å². The van der Waals surface area contributed by atoms with Gasteiger partial charge in [-0.3, -0.25) is 4.79 Å². The van der Waals surface area contributed by atoms with E-state index in [9.17, 15) is 4.79 Å². The van der Waals surface area contributed by atoms with E-state index in [-0.39, 0.29) is 24.9 Å². The third kappa shape index (κ3) is 4.20. The molecule has 0 aliphatic heterocycles. The quantitative estimate of drug-likeness (QED) is 0.883. The highest BCUT2D eigenvalue weighted by atomic mass is 35.5. The molecule has 100 valence electrons. The summed E-state index contributed by atoms with van der Waals surface area (Å²) in [6, 6.07) is 7.45. The topological polar surface area (TPSA) is 64.4 Å². The Bertz CT molecular complexity index is 392. The summed E-state index contributed by atoms with van der Waals surface area (Å²) in [5.74, 6) is 0.620. The lowest BCUT2D eigenvalue weighted by Crippen LogP contribution is -2.21. The Hall–Kier alpha value is -1.26. The SMILES string of the molecule is Cl.NCC(=O)Nc1cccc(OC2CCCC2)c1. The summed E-state index contributed by atoms with van der Waals surface area (Å²) in [6.07, 6.45) is 5.07. The van der Waals surface area contributed by atoms with Crippen molar-refractivity contribution in [3.05, 3.63) is 24.3 Å². The molecule has 1 aromatic carbocycles. The first-order valence-corrected chi connectivity index (χ1v) is 6.04. The minimum atomic E-state index is -0.192. The number of hydrogen-bond donors (Lipinski definition) is 2. The molecule has 1 aliphatic rings. The van der Waals surface area contributed by atoms with Crippen molar-refractivity contribution < 1.29 is 9.53 Å². The van der Waals surface area contributed by atoms with Crippen LogP contribution >= 0.6 is 12.4 Å². The van der Waals surface area contributed by atoms with Gasteiger partial charge in [0.05, 0.1) is 12.6 Å². The van der Waals surface area contributed by atoms with Gasteiger partial charge in [0.1, 0.15) is 5.75 Å². The van der Waals surface area contributed by atoms with Crippen molar-refractivity contribution in [2.45, 2.75) is 31.8 Å². The lowest BCUT2D eigenvalue weighted by atomic mass is 10.2. The minimum absolute atomic E-state index is 0. The Kier molecular flexibility index (Phi) is 5.95. The van der Waals surface area contributed by atoms with Crippen molar-refractivity contribution in [1.29, 1.82) is 0 Å². The molecule has 0 radical (unpaired) electrons. The molecule has 1 aromatic rings. The molecule has 0 bridgehead atoms. The van der Waals surface area contributed by atoms with Crippen molar-refractivity contribution in [2.24, 2.45) is 5.73 Å². The van der Waals surface area contributed by atoms with Crippen LogP contribution in [-0.4, -0.2) is 18.6 Å². The molecule has 0 spiro atoms. The largest absolute Gasteiger partial charge is 0.490 e. The number of anilines is 1. The number of carbonyl (C=O) groups is 1. The summed E-state index contributed by atoms with van der Waals surface area (Å²) < 4.78 is 5.85. The number of hydrogen-bond acceptors (Lipinski definition) is 3. The fourth-order valence-corrected chi connectivity index (χ4v) is 2.06. The van der Waals surface area contributed by atoms with Crippen molar-refractivity contribution in [1.82, 2.24) is 0 Å². The maximum Gasteiger partial charge on any atom is 0.238 e. The standard InChI is InChI=1S/C13H18N2O2.ClH/c14-9-13(16)15-10-4-3-7-12(8-10)17-11-5-1-2-6-11;/h3-4,7-8,11H,1-2,5-6,9,14H2,(H,15,16);1H. The predicted octanol–water partition coefficient (Wildman–Crippen LogP) is 2.33. The summed E-state index contributed by atoms with van der Waals surface area (Å²) in [5.41, 5.74) is 5.98. The number of rotatable bonds is 4. The molecule has 2 rings (SSSR count). The van der Waals surface area contributed by atoms with Gasteiger partial charge < -0.3 is 15.8 Å². The van der Waals surface area contributed by atoms with Gasteiger partial charge in [-0.05, 0) is 37.8 Å². The van der Waals surface area contributed by atoms with Crippen LogP contribution in [0.25, 0.3) is 0 Å². The number of nitrogens with one attached hydrogen (secondary N) is 1. The van der Waals surface area contributed by atoms with E-state index in [1.54, 1.807) is 0 Å². The van der Waals surface area contributed by atoms with Crippen molar-refractivity contribution in [3.63, 3.8) is 0 Å². The van der Waals surface area contributed by atoms with Gasteiger partial charge in [-0.1, -0.05) is 6.07 Å². The molecular formula is C13H19ClN2O2. The zero-order chi connectivity index (χ0) is 12.1. The van der Waals surface area contributed by atoms with E-state index < -0.39 is 0 Å². The Morgan fingerprint density at radius 3 is 2.78 bits per heavy atom. The molecular weight excluding hydrogens is 252 g/mol. The predicted molar refractivity (Wildman–Crippen MR) is 74.3 cm³/mol. The smallest absolute Gasteiger partial charge is 0.238 e. The van der Waals surface area contributed by atoms with Gasteiger partial charge in [-0.2, -0.15) is 0 Å². The Morgan fingerprint density at radius 1 is 1.39 bits per heavy atom. The monoisotopic (exact) mass is 270 g/mol. The number of halogens is 1. The summed E-state index contributed by atoms with van der Waals surface area (Å²) in [5, 5.41) is 2.71. The molecule has 4 nitrogen and oxygen atoms in total. The van der Waals surface area contributed by atoms with Gasteiger partial charge in [-0.25, -0.2) is 0 Å². The summed E-state index contributed by atoms with van der Waals surface area (Å²) in [7, 11) is 0. The molecule has 1 fully saturated rings. The first-order valence-electron chi connectivity index (χ1n) is 6.04. The zero-order valence-electron chi connectivity index (χ0n) is 10.2. The fraction of sp³-hybridized carbons (Fsp3) is 0.462. The van der Waals surface area contributed by atoms with Crippen LogP contribution in [0, 0.1) is 0 Å². The molecule has 0 heterocycles. The number of ether oxygens (including phenoxy) is 1. The third-order valence-corrected chi connectivity index (χ3v) is 2.91. The molecule has 1 aliphatic carbocycles. The molecule has 0 saturated heterocycles. The van der Waals surface area contributed by atoms with Crippen LogP contribution in [0.2, 0.25) is 0 Å². The van der Waals surface area contributed by atoms with Crippen LogP contribution < -0.4 is 15.8 Å². The summed E-state index contributed by atoms with van der Waals surface area (Å²) in [6.45, 7) is -0.00624. The average molecular weight is 271 g/mol. The van der Waals surface area contributed by atoms with Crippen LogP contribution in [0.4, 0.5) is 5.69 Å². The molecule has 0 aromatic heterocycles. The normalized spacial score (nSPS) is 14.9. The highest BCUT2D eigenvalue weighted by Gasteiger charge is 2.16. The van der Waals surface area contributed by atoms with Crippen LogP contribution in [-0.2, 0) is 4.79 Å². The van der Waals surface area contributed by atoms with E-state index in [1.807, 2.05) is 24.3 Å². The first kappa shape index (κ1) is 14.8. The molecule has 18 heavy (non-hydrogen) atoms. The highest BCUT2D eigenvalue weighted by molar-refractivity contribution is 5.92. The minimum Gasteiger partial charge on any atom is -0.490 e. The second-order valence-electron chi connectivity index (χ2n) is 4.30. The van der Waals surface area contributed by atoms with Gasteiger partial charge in [0, 0.05) is 11.8 Å². The number of benzene rings is 1. The van der Waals surface area contributed by atoms with E-state index in [2.05, 4.69) is 5.32 Å². The number of amides is 1. The van der Waals surface area contributed by atoms with Crippen LogP contribution in [0.1, 0.15) is 25.7 Å². The molecule has 0 atom stereocenters. The first-order chi connectivity index (χ1) is 8.28. The van der Waals surface area contributed by atoms with E-state index in [0.29, 0.717) is 6.10 Å². The molecule has 5 heteroatoms. The van der Waals surface area contributed by atoms with E-state index in [1.165, 1.54) is 12.8 Å². The van der Waals surface area contributed by atoms with Crippen LogP contribution in [0.15, 0.2) is 24.3 Å². The Morgan fingerprint density at radius 2 is 2.11 bits per heavy atom. The third-order valence-electron chi connectivity index (χ3n) is 2.91. The second kappa shape index (κ2) is 7.24. The van der Waals surface area contributed by atoms with Crippen molar-refractivity contribution in [3.8, 4) is 5.75 Å². The summed E-state index contributed by atoms with van der Waals surface area (Å²) in [4.78, 5) is 11.2. The second-order valence-corrected chi connectivity index (χ2v) is 4.30. The maximum atomic E-state index is 11.2. The highest BCUT2D eigenvalue weighted by Crippen LogP contribution is 2.25. The fourth-order valence-electron chi connectivity index (χ4n) is 2.06. The molecule has 1 saturated carbocycles. The van der Waals surface area contributed by atoms with Crippen LogP contribution in [0.5, 0.6) is 5.75 Å². The molecule has 1 amide bonds. The zero-order valence-corrected chi connectivity index (χ0v) is 11.0. The van der Waals surface area contributed by atoms with E-state index in [0.717, 1.165) is 24.3 Å². The lowest BCUT2D eigenvalue weighted by Gasteiger charge is -2.14. The van der Waals surface area contributed by atoms with Gasteiger partial charge in [0.15, 0.2) is 0 Å².